The number of carbonyl (C=O) groups is 1. The highest BCUT2D eigenvalue weighted by atomic mass is 79.9. The van der Waals surface area contributed by atoms with Gasteiger partial charge in [-0.3, -0.25) is 4.79 Å². The molecule has 0 N–H and O–H groups in total. The molecule has 0 aromatic heterocycles. The van der Waals surface area contributed by atoms with E-state index in [0.29, 0.717) is 11.3 Å². The van der Waals surface area contributed by atoms with Gasteiger partial charge < -0.3 is 9.64 Å². The van der Waals surface area contributed by atoms with Crippen LogP contribution in [0.2, 0.25) is 0 Å². The normalized spacial score (nSPS) is 10.2. The van der Waals surface area contributed by atoms with E-state index in [1.54, 1.807) is 37.3 Å². The SMILES string of the molecule is COc1ccc(C(=O)N(C)c2ccc(C)cc2)cc1Br. The van der Waals surface area contributed by atoms with E-state index in [0.717, 1.165) is 10.2 Å². The number of benzene rings is 2. The molecule has 20 heavy (non-hydrogen) atoms. The van der Waals surface area contributed by atoms with E-state index in [9.17, 15) is 4.79 Å². The minimum absolute atomic E-state index is 0.0581. The van der Waals surface area contributed by atoms with Crippen LogP contribution in [-0.2, 0) is 0 Å². The predicted octanol–water partition coefficient (Wildman–Crippen LogP) is 4.04. The summed E-state index contributed by atoms with van der Waals surface area (Å²) in [5, 5.41) is 0. The second-order valence-electron chi connectivity index (χ2n) is 4.55. The quantitative estimate of drug-likeness (QED) is 0.848. The molecule has 0 fully saturated rings. The summed E-state index contributed by atoms with van der Waals surface area (Å²) in [5.74, 6) is 0.650. The molecule has 0 aliphatic heterocycles. The molecule has 2 aromatic carbocycles. The molecule has 4 heteroatoms. The summed E-state index contributed by atoms with van der Waals surface area (Å²) in [6.45, 7) is 2.02. The first-order valence-electron chi connectivity index (χ1n) is 6.21. The zero-order chi connectivity index (χ0) is 14.7. The van der Waals surface area contributed by atoms with Crippen LogP contribution in [0.5, 0.6) is 5.75 Å². The molecule has 0 aliphatic rings. The summed E-state index contributed by atoms with van der Waals surface area (Å²) < 4.78 is 5.93. The highest BCUT2D eigenvalue weighted by Crippen LogP contribution is 2.26. The van der Waals surface area contributed by atoms with Crippen molar-refractivity contribution in [3.8, 4) is 5.75 Å². The van der Waals surface area contributed by atoms with E-state index in [-0.39, 0.29) is 5.91 Å². The number of amides is 1. The van der Waals surface area contributed by atoms with Crippen LogP contribution in [-0.4, -0.2) is 20.1 Å². The molecule has 0 heterocycles. The van der Waals surface area contributed by atoms with E-state index in [1.807, 2.05) is 31.2 Å². The molecule has 0 bridgehead atoms. The van der Waals surface area contributed by atoms with Crippen LogP contribution >= 0.6 is 15.9 Å². The fraction of sp³-hybridized carbons (Fsp3) is 0.188. The Hall–Kier alpha value is -1.81. The van der Waals surface area contributed by atoms with Crippen molar-refractivity contribution in [2.75, 3.05) is 19.1 Å². The Morgan fingerprint density at radius 3 is 2.35 bits per heavy atom. The number of nitrogens with zero attached hydrogens (tertiary/aromatic N) is 1. The van der Waals surface area contributed by atoms with Gasteiger partial charge in [0.1, 0.15) is 5.75 Å². The van der Waals surface area contributed by atoms with Gasteiger partial charge in [0.05, 0.1) is 11.6 Å². The third kappa shape index (κ3) is 3.02. The summed E-state index contributed by atoms with van der Waals surface area (Å²) >= 11 is 3.39. The lowest BCUT2D eigenvalue weighted by atomic mass is 10.1. The molecule has 0 saturated carbocycles. The number of rotatable bonds is 3. The summed E-state index contributed by atoms with van der Waals surface area (Å²) in [7, 11) is 3.37. The van der Waals surface area contributed by atoms with Crippen molar-refractivity contribution < 1.29 is 9.53 Å². The van der Waals surface area contributed by atoms with Gasteiger partial charge in [0.15, 0.2) is 0 Å². The first-order valence-corrected chi connectivity index (χ1v) is 7.00. The van der Waals surface area contributed by atoms with Crippen LogP contribution in [0, 0.1) is 6.92 Å². The van der Waals surface area contributed by atoms with Gasteiger partial charge in [-0.2, -0.15) is 0 Å². The number of methoxy groups -OCH3 is 1. The molecule has 3 nitrogen and oxygen atoms in total. The van der Waals surface area contributed by atoms with Crippen LogP contribution in [0.15, 0.2) is 46.9 Å². The van der Waals surface area contributed by atoms with Crippen LogP contribution in [0.4, 0.5) is 5.69 Å². The lowest BCUT2D eigenvalue weighted by molar-refractivity contribution is 0.0993. The molecule has 0 saturated heterocycles. The highest BCUT2D eigenvalue weighted by molar-refractivity contribution is 9.10. The summed E-state index contributed by atoms with van der Waals surface area (Å²) in [6, 6.07) is 13.2. The number of anilines is 1. The maximum Gasteiger partial charge on any atom is 0.258 e. The second kappa shape index (κ2) is 6.09. The monoisotopic (exact) mass is 333 g/mol. The molecule has 0 unspecified atom stereocenters. The topological polar surface area (TPSA) is 29.5 Å². The van der Waals surface area contributed by atoms with Crippen molar-refractivity contribution >= 4 is 27.5 Å². The van der Waals surface area contributed by atoms with Gasteiger partial charge in [0.2, 0.25) is 0 Å². The maximum atomic E-state index is 12.4. The Morgan fingerprint density at radius 2 is 1.80 bits per heavy atom. The summed E-state index contributed by atoms with van der Waals surface area (Å²) in [4.78, 5) is 14.1. The van der Waals surface area contributed by atoms with Gasteiger partial charge in [-0.15, -0.1) is 0 Å². The van der Waals surface area contributed by atoms with E-state index < -0.39 is 0 Å². The molecule has 2 rings (SSSR count). The van der Waals surface area contributed by atoms with Gasteiger partial charge in [-0.05, 0) is 53.2 Å². The smallest absolute Gasteiger partial charge is 0.258 e. The molecular formula is C16H16BrNO2. The molecule has 0 aliphatic carbocycles. The first kappa shape index (κ1) is 14.6. The number of carbonyl (C=O) groups excluding carboxylic acids is 1. The summed E-state index contributed by atoms with van der Waals surface area (Å²) in [5.41, 5.74) is 2.65. The number of ether oxygens (including phenoxy) is 1. The second-order valence-corrected chi connectivity index (χ2v) is 5.40. The lowest BCUT2D eigenvalue weighted by Crippen LogP contribution is -2.26. The van der Waals surface area contributed by atoms with Gasteiger partial charge in [-0.25, -0.2) is 0 Å². The Kier molecular flexibility index (Phi) is 4.45. The molecule has 0 radical (unpaired) electrons. The zero-order valence-corrected chi connectivity index (χ0v) is 13.3. The van der Waals surface area contributed by atoms with Crippen molar-refractivity contribution in [3.63, 3.8) is 0 Å². The van der Waals surface area contributed by atoms with E-state index >= 15 is 0 Å². The van der Waals surface area contributed by atoms with Crippen LogP contribution in [0.25, 0.3) is 0 Å². The van der Waals surface area contributed by atoms with Crippen LogP contribution < -0.4 is 9.64 Å². The van der Waals surface area contributed by atoms with Crippen molar-refractivity contribution in [1.29, 1.82) is 0 Å². The van der Waals surface area contributed by atoms with Crippen LogP contribution in [0.1, 0.15) is 15.9 Å². The first-order chi connectivity index (χ1) is 9.52. The third-order valence-corrected chi connectivity index (χ3v) is 3.74. The fourth-order valence-electron chi connectivity index (χ4n) is 1.88. The van der Waals surface area contributed by atoms with Gasteiger partial charge >= 0.3 is 0 Å². The van der Waals surface area contributed by atoms with Crippen molar-refractivity contribution in [2.24, 2.45) is 0 Å². The molecular weight excluding hydrogens is 318 g/mol. The minimum atomic E-state index is -0.0581. The Balaban J connectivity index is 2.26. The average molecular weight is 334 g/mol. The van der Waals surface area contributed by atoms with E-state index in [2.05, 4.69) is 15.9 Å². The molecule has 1 amide bonds. The van der Waals surface area contributed by atoms with E-state index in [4.69, 9.17) is 4.74 Å². The summed E-state index contributed by atoms with van der Waals surface area (Å²) in [6.07, 6.45) is 0. The van der Waals surface area contributed by atoms with E-state index in [1.165, 1.54) is 5.56 Å². The Labute approximate surface area is 127 Å². The van der Waals surface area contributed by atoms with Gasteiger partial charge in [0, 0.05) is 18.3 Å². The van der Waals surface area contributed by atoms with Crippen LogP contribution in [0.3, 0.4) is 0 Å². The maximum absolute atomic E-state index is 12.4. The van der Waals surface area contributed by atoms with Crippen molar-refractivity contribution in [2.45, 2.75) is 6.92 Å². The number of hydrogen-bond donors (Lipinski definition) is 0. The van der Waals surface area contributed by atoms with Gasteiger partial charge in [-0.1, -0.05) is 17.7 Å². The standard InChI is InChI=1S/C16H16BrNO2/c1-11-4-7-13(8-5-11)18(2)16(19)12-6-9-15(20-3)14(17)10-12/h4-10H,1-3H3. The van der Waals surface area contributed by atoms with Crippen molar-refractivity contribution in [3.05, 3.63) is 58.1 Å². The molecule has 0 spiro atoms. The van der Waals surface area contributed by atoms with Gasteiger partial charge in [0.25, 0.3) is 5.91 Å². The highest BCUT2D eigenvalue weighted by Gasteiger charge is 2.14. The minimum Gasteiger partial charge on any atom is -0.496 e. The zero-order valence-electron chi connectivity index (χ0n) is 11.7. The molecule has 0 atom stereocenters. The lowest BCUT2D eigenvalue weighted by Gasteiger charge is -2.18. The molecule has 104 valence electrons. The predicted molar refractivity (Wildman–Crippen MR) is 84.6 cm³/mol. The molecule has 2 aromatic rings. The number of aryl methyl sites for hydroxylation is 1. The van der Waals surface area contributed by atoms with Crippen molar-refractivity contribution in [1.82, 2.24) is 0 Å². The Bertz CT molecular complexity index is 623. The largest absolute Gasteiger partial charge is 0.496 e. The Morgan fingerprint density at radius 1 is 1.15 bits per heavy atom. The number of hydrogen-bond acceptors (Lipinski definition) is 2. The fourth-order valence-corrected chi connectivity index (χ4v) is 2.42. The average Bonchev–Trinajstić information content (AvgIpc) is 2.46. The third-order valence-electron chi connectivity index (χ3n) is 3.12. The number of halogens is 1.